The summed E-state index contributed by atoms with van der Waals surface area (Å²) in [6, 6.07) is -0.670. The van der Waals surface area contributed by atoms with E-state index in [-0.39, 0.29) is 12.5 Å². The number of aliphatic hydroxyl groups is 1. The lowest BCUT2D eigenvalue weighted by Gasteiger charge is -2.29. The van der Waals surface area contributed by atoms with Crippen LogP contribution in [0.4, 0.5) is 4.79 Å². The lowest BCUT2D eigenvalue weighted by molar-refractivity contribution is -0.152. The number of alkyl carbamates (subject to hydrolysis) is 1. The molecule has 1 fully saturated rings. The number of hydrogen-bond acceptors (Lipinski definition) is 6. The summed E-state index contributed by atoms with van der Waals surface area (Å²) < 4.78 is 15.0. The molecule has 0 spiro atoms. The van der Waals surface area contributed by atoms with E-state index in [4.69, 9.17) is 9.47 Å². The molecule has 0 aromatic heterocycles. The van der Waals surface area contributed by atoms with E-state index >= 15 is 0 Å². The van der Waals surface area contributed by atoms with Crippen molar-refractivity contribution in [3.05, 3.63) is 0 Å². The monoisotopic (exact) mass is 317 g/mol. The Bertz CT molecular complexity index is 411. The Morgan fingerprint density at radius 3 is 2.27 bits per heavy atom. The predicted molar refractivity (Wildman–Crippen MR) is 79.3 cm³/mol. The van der Waals surface area contributed by atoms with Crippen molar-refractivity contribution in [1.29, 1.82) is 0 Å². The molecule has 0 saturated carbocycles. The predicted octanol–water partition coefficient (Wildman–Crippen LogP) is 1.23. The first-order chi connectivity index (χ1) is 10.0. The fraction of sp³-hybridized carbons (Fsp3) is 0.867. The molecule has 0 bridgehead atoms. The Hall–Kier alpha value is -1.34. The first-order valence-corrected chi connectivity index (χ1v) is 7.42. The molecular weight excluding hydrogens is 290 g/mol. The minimum atomic E-state index is -1.39. The zero-order chi connectivity index (χ0) is 17.1. The van der Waals surface area contributed by atoms with E-state index < -0.39 is 35.4 Å². The quantitative estimate of drug-likeness (QED) is 0.565. The van der Waals surface area contributed by atoms with E-state index in [1.807, 2.05) is 13.8 Å². The average molecular weight is 317 g/mol. The van der Waals surface area contributed by atoms with Gasteiger partial charge in [-0.1, -0.05) is 13.8 Å². The molecule has 1 heterocycles. The van der Waals surface area contributed by atoms with Crippen molar-refractivity contribution >= 4 is 12.1 Å². The van der Waals surface area contributed by atoms with Gasteiger partial charge in [0.05, 0.1) is 19.8 Å². The number of rotatable bonds is 6. The minimum Gasteiger partial charge on any atom is -0.467 e. The summed E-state index contributed by atoms with van der Waals surface area (Å²) in [5.41, 5.74) is -2.03. The van der Waals surface area contributed by atoms with Crippen molar-refractivity contribution in [3.8, 4) is 0 Å². The van der Waals surface area contributed by atoms with Gasteiger partial charge in [-0.3, -0.25) is 0 Å². The Balaban J connectivity index is 2.80. The van der Waals surface area contributed by atoms with Crippen LogP contribution in [0.1, 0.15) is 41.0 Å². The maximum atomic E-state index is 11.9. The molecule has 1 aliphatic rings. The van der Waals surface area contributed by atoms with Gasteiger partial charge in [0.2, 0.25) is 5.60 Å². The van der Waals surface area contributed by atoms with Gasteiger partial charge in [-0.2, -0.15) is 0 Å². The highest BCUT2D eigenvalue weighted by atomic mass is 16.7. The van der Waals surface area contributed by atoms with Gasteiger partial charge >= 0.3 is 12.1 Å². The molecule has 3 atom stereocenters. The number of nitrogens with one attached hydrogen (secondary N) is 1. The van der Waals surface area contributed by atoms with Crippen LogP contribution in [0.25, 0.3) is 0 Å². The smallest absolute Gasteiger partial charge is 0.407 e. The number of epoxide rings is 1. The van der Waals surface area contributed by atoms with Crippen LogP contribution in [0.5, 0.6) is 0 Å². The molecule has 7 nitrogen and oxygen atoms in total. The molecular formula is C15H27NO6. The molecule has 1 amide bonds. The van der Waals surface area contributed by atoms with E-state index in [1.54, 1.807) is 20.8 Å². The minimum absolute atomic E-state index is 0.0748. The van der Waals surface area contributed by atoms with Gasteiger partial charge in [0, 0.05) is 0 Å². The van der Waals surface area contributed by atoms with Gasteiger partial charge in [0.25, 0.3) is 0 Å². The summed E-state index contributed by atoms with van der Waals surface area (Å²) in [5.74, 6) is -0.442. The second-order valence-electron chi connectivity index (χ2n) is 7.00. The van der Waals surface area contributed by atoms with Crippen molar-refractivity contribution in [3.63, 3.8) is 0 Å². The molecule has 0 aliphatic carbocycles. The van der Waals surface area contributed by atoms with Crippen LogP contribution in [0, 0.1) is 5.92 Å². The number of esters is 1. The SMILES string of the molecule is COC(=O)[C@]1([C@@H](O)[C@@H](CC(C)C)NC(=O)OC(C)(C)C)CO1. The normalized spacial score (nSPS) is 23.6. The fourth-order valence-electron chi connectivity index (χ4n) is 2.22. The van der Waals surface area contributed by atoms with E-state index in [9.17, 15) is 14.7 Å². The van der Waals surface area contributed by atoms with Crippen molar-refractivity contribution in [2.75, 3.05) is 13.7 Å². The van der Waals surface area contributed by atoms with Crippen LogP contribution in [0.3, 0.4) is 0 Å². The largest absolute Gasteiger partial charge is 0.467 e. The third kappa shape index (κ3) is 4.84. The number of carbonyl (C=O) groups is 2. The Morgan fingerprint density at radius 2 is 1.91 bits per heavy atom. The van der Waals surface area contributed by atoms with Gasteiger partial charge < -0.3 is 24.6 Å². The molecule has 1 saturated heterocycles. The number of methoxy groups -OCH3 is 1. The highest BCUT2D eigenvalue weighted by Gasteiger charge is 2.61. The second kappa shape index (κ2) is 6.83. The van der Waals surface area contributed by atoms with Crippen LogP contribution in [-0.4, -0.2) is 54.2 Å². The topological polar surface area (TPSA) is 97.4 Å². The van der Waals surface area contributed by atoms with Crippen molar-refractivity contribution < 1.29 is 28.9 Å². The van der Waals surface area contributed by atoms with Crippen molar-refractivity contribution in [1.82, 2.24) is 5.32 Å². The third-order valence-electron chi connectivity index (χ3n) is 3.27. The summed E-state index contributed by atoms with van der Waals surface area (Å²) in [6.07, 6.45) is -1.37. The van der Waals surface area contributed by atoms with E-state index in [0.717, 1.165) is 0 Å². The van der Waals surface area contributed by atoms with Gasteiger partial charge in [-0.15, -0.1) is 0 Å². The van der Waals surface area contributed by atoms with Crippen LogP contribution in [-0.2, 0) is 19.0 Å². The summed E-state index contributed by atoms with van der Waals surface area (Å²) in [4.78, 5) is 23.7. The zero-order valence-electron chi connectivity index (χ0n) is 14.1. The van der Waals surface area contributed by atoms with Gasteiger partial charge in [-0.05, 0) is 33.1 Å². The second-order valence-corrected chi connectivity index (χ2v) is 7.00. The van der Waals surface area contributed by atoms with Crippen LogP contribution < -0.4 is 5.32 Å². The molecule has 128 valence electrons. The third-order valence-corrected chi connectivity index (χ3v) is 3.27. The molecule has 0 radical (unpaired) electrons. The van der Waals surface area contributed by atoms with E-state index in [2.05, 4.69) is 10.1 Å². The van der Waals surface area contributed by atoms with Crippen LogP contribution in [0.15, 0.2) is 0 Å². The molecule has 1 rings (SSSR count). The highest BCUT2D eigenvalue weighted by Crippen LogP contribution is 2.35. The van der Waals surface area contributed by atoms with Gasteiger partial charge in [0.15, 0.2) is 0 Å². The van der Waals surface area contributed by atoms with E-state index in [0.29, 0.717) is 6.42 Å². The number of hydrogen-bond donors (Lipinski definition) is 2. The van der Waals surface area contributed by atoms with E-state index in [1.165, 1.54) is 7.11 Å². The molecule has 0 aromatic carbocycles. The van der Waals surface area contributed by atoms with Gasteiger partial charge in [-0.25, -0.2) is 9.59 Å². The standard InChI is InChI=1S/C15H27NO6/c1-9(2)7-10(16-13(19)22-14(3,4)5)11(17)15(8-21-15)12(18)20-6/h9-11,17H,7-8H2,1-6H3,(H,16,19)/t10-,11+,15-/m1/s1. The maximum Gasteiger partial charge on any atom is 0.407 e. The number of amides is 1. The number of aliphatic hydroxyl groups excluding tert-OH is 1. The first-order valence-electron chi connectivity index (χ1n) is 7.42. The summed E-state index contributed by atoms with van der Waals surface area (Å²) in [5, 5.41) is 13.1. The lowest BCUT2D eigenvalue weighted by Crippen LogP contribution is -2.54. The zero-order valence-corrected chi connectivity index (χ0v) is 14.1. The van der Waals surface area contributed by atoms with Crippen molar-refractivity contribution in [2.45, 2.75) is 64.4 Å². The Labute approximate surface area is 131 Å². The maximum absolute atomic E-state index is 11.9. The van der Waals surface area contributed by atoms with Gasteiger partial charge in [0.1, 0.15) is 11.7 Å². The molecule has 0 unspecified atom stereocenters. The molecule has 0 aromatic rings. The number of carbonyl (C=O) groups excluding carboxylic acids is 2. The summed E-state index contributed by atoms with van der Waals surface area (Å²) >= 11 is 0. The molecule has 7 heteroatoms. The highest BCUT2D eigenvalue weighted by molar-refractivity contribution is 5.83. The summed E-state index contributed by atoms with van der Waals surface area (Å²) in [6.45, 7) is 9.23. The molecule has 2 N–H and O–H groups in total. The Morgan fingerprint density at radius 1 is 1.36 bits per heavy atom. The lowest BCUT2D eigenvalue weighted by atomic mass is 9.91. The molecule has 1 aliphatic heterocycles. The van der Waals surface area contributed by atoms with Crippen LogP contribution in [0.2, 0.25) is 0 Å². The Kier molecular flexibility index (Phi) is 5.81. The summed E-state index contributed by atoms with van der Waals surface area (Å²) in [7, 11) is 1.23. The fourth-order valence-corrected chi connectivity index (χ4v) is 2.22. The molecule has 22 heavy (non-hydrogen) atoms. The average Bonchev–Trinajstić information content (AvgIpc) is 3.14. The van der Waals surface area contributed by atoms with Crippen LogP contribution >= 0.6 is 0 Å². The number of ether oxygens (including phenoxy) is 3. The van der Waals surface area contributed by atoms with Crippen molar-refractivity contribution in [2.24, 2.45) is 5.92 Å². The first kappa shape index (κ1) is 18.7.